The van der Waals surface area contributed by atoms with Crippen molar-refractivity contribution in [2.45, 2.75) is 75.5 Å². The number of benzene rings is 2. The van der Waals surface area contributed by atoms with E-state index in [0.717, 1.165) is 16.9 Å². The Morgan fingerprint density at radius 1 is 0.844 bits per heavy atom. The van der Waals surface area contributed by atoms with Crippen LogP contribution in [0.25, 0.3) is 0 Å². The topological polar surface area (TPSA) is 122 Å². The van der Waals surface area contributed by atoms with Crippen LogP contribution in [0.2, 0.25) is 0 Å². The molecule has 6 atom stereocenters. The standard InChI is InChI=1S/C34H43NO10/c1-7-27-33(3,44-31(42-27)23-9-13-25(39-5)14-10-23)19-17-29(36)35(40-6)21-22-41-26-15-11-24(12-16-26)32-43-28(8-2)34(4,45-32)20-18-30(37)38/h7-16,27-28,31-32H,1-2,17-22H2,3-6H3,(H,37,38). The fourth-order valence-electron chi connectivity index (χ4n) is 5.42. The highest BCUT2D eigenvalue weighted by atomic mass is 16.7. The van der Waals surface area contributed by atoms with Crippen LogP contribution in [0, 0.1) is 0 Å². The van der Waals surface area contributed by atoms with Crippen LogP contribution >= 0.6 is 0 Å². The zero-order chi connectivity index (χ0) is 32.6. The molecular formula is C34H43NO10. The lowest BCUT2D eigenvalue weighted by Gasteiger charge is -2.28. The van der Waals surface area contributed by atoms with E-state index in [4.69, 9.17) is 38.4 Å². The maximum absolute atomic E-state index is 13.1. The summed E-state index contributed by atoms with van der Waals surface area (Å²) in [5, 5.41) is 10.4. The van der Waals surface area contributed by atoms with Gasteiger partial charge in [0.1, 0.15) is 30.3 Å². The van der Waals surface area contributed by atoms with Crippen molar-refractivity contribution in [3.8, 4) is 11.5 Å². The summed E-state index contributed by atoms with van der Waals surface area (Å²) in [6.07, 6.45) is 2.06. The van der Waals surface area contributed by atoms with Gasteiger partial charge in [-0.05, 0) is 51.0 Å². The van der Waals surface area contributed by atoms with Gasteiger partial charge in [-0.2, -0.15) is 0 Å². The van der Waals surface area contributed by atoms with Gasteiger partial charge in [0.05, 0.1) is 32.0 Å². The third-order valence-corrected chi connectivity index (χ3v) is 8.20. The Labute approximate surface area is 264 Å². The molecule has 2 saturated heterocycles. The third kappa shape index (κ3) is 8.30. The summed E-state index contributed by atoms with van der Waals surface area (Å²) < 4.78 is 35.6. The molecule has 2 fully saturated rings. The molecule has 45 heavy (non-hydrogen) atoms. The Bertz CT molecular complexity index is 1320. The summed E-state index contributed by atoms with van der Waals surface area (Å²) in [7, 11) is 3.05. The Hall–Kier alpha value is -3.74. The minimum Gasteiger partial charge on any atom is -0.497 e. The highest BCUT2D eigenvalue weighted by Gasteiger charge is 2.46. The number of rotatable bonds is 16. The molecule has 0 aliphatic carbocycles. The molecule has 1 amide bonds. The van der Waals surface area contributed by atoms with Crippen molar-refractivity contribution in [3.05, 3.63) is 85.0 Å². The number of nitrogens with zero attached hydrogens (tertiary/aromatic N) is 1. The maximum atomic E-state index is 13.1. The number of hydrogen-bond acceptors (Lipinski definition) is 9. The molecule has 0 spiro atoms. The maximum Gasteiger partial charge on any atom is 0.303 e. The second kappa shape index (κ2) is 15.0. The highest BCUT2D eigenvalue weighted by molar-refractivity contribution is 5.75. The summed E-state index contributed by atoms with van der Waals surface area (Å²) in [5.41, 5.74) is 0.0571. The van der Waals surface area contributed by atoms with E-state index in [2.05, 4.69) is 13.2 Å². The predicted octanol–water partition coefficient (Wildman–Crippen LogP) is 5.53. The minimum atomic E-state index is -0.895. The number of carbonyl (C=O) groups is 2. The smallest absolute Gasteiger partial charge is 0.303 e. The molecule has 6 unspecified atom stereocenters. The Balaban J connectivity index is 1.25. The van der Waals surface area contributed by atoms with Crippen molar-refractivity contribution in [2.24, 2.45) is 0 Å². The first kappa shape index (κ1) is 34.1. The molecule has 0 bridgehead atoms. The van der Waals surface area contributed by atoms with Gasteiger partial charge in [-0.15, -0.1) is 13.2 Å². The van der Waals surface area contributed by atoms with E-state index in [1.807, 2.05) is 50.2 Å². The van der Waals surface area contributed by atoms with Crippen LogP contribution in [0.15, 0.2) is 73.8 Å². The first-order chi connectivity index (χ1) is 21.5. The van der Waals surface area contributed by atoms with Crippen LogP contribution in [0.3, 0.4) is 0 Å². The molecule has 244 valence electrons. The normalized spacial score (nSPS) is 27.6. The Kier molecular flexibility index (Phi) is 11.4. The van der Waals surface area contributed by atoms with Crippen LogP contribution < -0.4 is 9.47 Å². The van der Waals surface area contributed by atoms with Crippen molar-refractivity contribution in [1.82, 2.24) is 5.06 Å². The second-order valence-corrected chi connectivity index (χ2v) is 11.4. The molecule has 2 aliphatic heterocycles. The van der Waals surface area contributed by atoms with Gasteiger partial charge in [-0.25, -0.2) is 5.06 Å². The van der Waals surface area contributed by atoms with Gasteiger partial charge in [-0.1, -0.05) is 36.4 Å². The van der Waals surface area contributed by atoms with E-state index in [1.54, 1.807) is 31.4 Å². The SMILES string of the molecule is C=CC1OC(c2ccc(OCCN(OC)C(=O)CCC3(C)OC(c4ccc(OC)cc4)OC3C=C)cc2)OC1(C)CCC(=O)O. The lowest BCUT2D eigenvalue weighted by Crippen LogP contribution is -2.39. The molecule has 4 rings (SSSR count). The van der Waals surface area contributed by atoms with Gasteiger partial charge < -0.3 is 33.5 Å². The van der Waals surface area contributed by atoms with Crippen LogP contribution in [0.1, 0.15) is 63.2 Å². The molecular weight excluding hydrogens is 582 g/mol. The Morgan fingerprint density at radius 2 is 1.33 bits per heavy atom. The van der Waals surface area contributed by atoms with Crippen molar-refractivity contribution < 1.29 is 48.0 Å². The summed E-state index contributed by atoms with van der Waals surface area (Å²) in [4.78, 5) is 29.5. The summed E-state index contributed by atoms with van der Waals surface area (Å²) in [6.45, 7) is 11.9. The lowest BCUT2D eigenvalue weighted by atomic mass is 9.93. The number of carboxylic acids is 1. The molecule has 0 radical (unpaired) electrons. The van der Waals surface area contributed by atoms with Crippen LogP contribution in [-0.4, -0.2) is 72.8 Å². The lowest BCUT2D eigenvalue weighted by molar-refractivity contribution is -0.179. The molecule has 11 heteroatoms. The number of aliphatic carboxylic acids is 1. The molecule has 2 aromatic rings. The quantitative estimate of drug-likeness (QED) is 0.188. The predicted molar refractivity (Wildman–Crippen MR) is 164 cm³/mol. The Morgan fingerprint density at radius 3 is 1.78 bits per heavy atom. The van der Waals surface area contributed by atoms with E-state index < -0.39 is 42.0 Å². The first-order valence-electron chi connectivity index (χ1n) is 14.9. The first-order valence-corrected chi connectivity index (χ1v) is 14.9. The fraction of sp³-hybridized carbons (Fsp3) is 0.471. The molecule has 0 aromatic heterocycles. The van der Waals surface area contributed by atoms with Gasteiger partial charge in [0, 0.05) is 24.0 Å². The van der Waals surface area contributed by atoms with E-state index >= 15 is 0 Å². The van der Waals surface area contributed by atoms with E-state index in [9.17, 15) is 9.59 Å². The zero-order valence-electron chi connectivity index (χ0n) is 26.3. The molecule has 11 nitrogen and oxygen atoms in total. The summed E-state index contributed by atoms with van der Waals surface area (Å²) >= 11 is 0. The van der Waals surface area contributed by atoms with Gasteiger partial charge in [-0.3, -0.25) is 14.4 Å². The largest absolute Gasteiger partial charge is 0.497 e. The number of ether oxygens (including phenoxy) is 6. The molecule has 2 heterocycles. The van der Waals surface area contributed by atoms with Crippen LogP contribution in [0.5, 0.6) is 11.5 Å². The van der Waals surface area contributed by atoms with Gasteiger partial charge >= 0.3 is 5.97 Å². The number of carbonyl (C=O) groups excluding carboxylic acids is 1. The second-order valence-electron chi connectivity index (χ2n) is 11.4. The minimum absolute atomic E-state index is 0.0351. The number of hydroxylamine groups is 2. The monoisotopic (exact) mass is 625 g/mol. The average molecular weight is 626 g/mol. The van der Waals surface area contributed by atoms with E-state index in [-0.39, 0.29) is 31.9 Å². The van der Waals surface area contributed by atoms with Gasteiger partial charge in [0.15, 0.2) is 12.6 Å². The third-order valence-electron chi connectivity index (χ3n) is 8.20. The number of methoxy groups -OCH3 is 1. The summed E-state index contributed by atoms with van der Waals surface area (Å²) in [5.74, 6) is 0.222. The number of hydrogen-bond donors (Lipinski definition) is 1. The summed E-state index contributed by atoms with van der Waals surface area (Å²) in [6, 6.07) is 14.7. The number of amides is 1. The molecule has 2 aliphatic rings. The number of carboxylic acid groups (broad SMARTS) is 1. The zero-order valence-corrected chi connectivity index (χ0v) is 26.3. The average Bonchev–Trinajstić information content (AvgIpc) is 3.58. The molecule has 1 N–H and O–H groups in total. The van der Waals surface area contributed by atoms with Gasteiger partial charge in [0.2, 0.25) is 5.91 Å². The van der Waals surface area contributed by atoms with E-state index in [0.29, 0.717) is 18.6 Å². The fourth-order valence-corrected chi connectivity index (χ4v) is 5.42. The van der Waals surface area contributed by atoms with Crippen LogP contribution in [0.4, 0.5) is 0 Å². The van der Waals surface area contributed by atoms with E-state index in [1.165, 1.54) is 12.2 Å². The highest BCUT2D eigenvalue weighted by Crippen LogP contribution is 2.43. The van der Waals surface area contributed by atoms with Crippen LogP contribution in [-0.2, 0) is 33.4 Å². The van der Waals surface area contributed by atoms with Crippen molar-refractivity contribution in [2.75, 3.05) is 27.4 Å². The molecule has 0 saturated carbocycles. The van der Waals surface area contributed by atoms with Gasteiger partial charge in [0.25, 0.3) is 0 Å². The van der Waals surface area contributed by atoms with Crippen molar-refractivity contribution >= 4 is 11.9 Å². The van der Waals surface area contributed by atoms with Crippen molar-refractivity contribution in [3.63, 3.8) is 0 Å². The molecule has 2 aromatic carbocycles. The van der Waals surface area contributed by atoms with Crippen molar-refractivity contribution in [1.29, 1.82) is 0 Å².